The first-order chi connectivity index (χ1) is 48.2. The molecule has 0 unspecified atom stereocenters. The summed E-state index contributed by atoms with van der Waals surface area (Å²) in [4.78, 5) is 3.82. The second-order valence-electron chi connectivity index (χ2n) is 25.3. The smallest absolute Gasteiger partial charge is 0.309 e. The van der Waals surface area contributed by atoms with Crippen LogP contribution in [0.15, 0.2) is 297 Å². The first-order valence-electron chi connectivity index (χ1n) is 32.5. The van der Waals surface area contributed by atoms with Gasteiger partial charge in [-0.3, -0.25) is 0 Å². The van der Waals surface area contributed by atoms with E-state index < -0.39 is 11.7 Å². The Morgan fingerprint density at radius 2 is 0.541 bits per heavy atom. The maximum Gasteiger partial charge on any atom is 0.415 e. The number of fused-ring (bicyclic) bond motifs is 18. The van der Waals surface area contributed by atoms with Crippen LogP contribution >= 0.6 is 0 Å². The molecule has 98 heavy (non-hydrogen) atoms. The summed E-state index contributed by atoms with van der Waals surface area (Å²) < 4.78 is 61.2. The molecule has 0 amide bonds. The lowest BCUT2D eigenvalue weighted by atomic mass is 9.94. The van der Waals surface area contributed by atoms with E-state index in [2.05, 4.69) is 296 Å². The number of aromatic nitrogens is 6. The highest BCUT2D eigenvalue weighted by Gasteiger charge is 2.36. The molecule has 0 saturated heterocycles. The van der Waals surface area contributed by atoms with Crippen LogP contribution in [0.4, 0.5) is 18.9 Å². The SMILES string of the molecule is [C-]#[N+]c1cccc(C(F)(F)F)c1-c1cc(-n2c3ccc(-n4c5ccccc5c5ccccc54)cc3c3cc(-n4c5ccccc5c5ccccc54)ccc32)c(C#N)c(-n2c3ccc(-n4c5ccccc5c5ccccc54)cc3c3cc(-n4c5ccccc5c5ccccc54)ccc32)c1. The van der Waals surface area contributed by atoms with Crippen molar-refractivity contribution < 1.29 is 13.2 Å². The van der Waals surface area contributed by atoms with Crippen LogP contribution in [0.5, 0.6) is 0 Å². The molecule has 0 bridgehead atoms. The third-order valence-electron chi connectivity index (χ3n) is 20.3. The molecule has 0 aliphatic heterocycles. The van der Waals surface area contributed by atoms with Gasteiger partial charge in [0.25, 0.3) is 0 Å². The van der Waals surface area contributed by atoms with Gasteiger partial charge in [0.05, 0.1) is 89.7 Å². The zero-order chi connectivity index (χ0) is 65.2. The predicted molar refractivity (Wildman–Crippen MR) is 394 cm³/mol. The van der Waals surface area contributed by atoms with Gasteiger partial charge in [-0.1, -0.05) is 164 Å². The molecule has 20 aromatic rings. The number of rotatable bonds is 7. The minimum absolute atomic E-state index is 0.116. The largest absolute Gasteiger partial charge is 0.415 e. The zero-order valence-corrected chi connectivity index (χ0v) is 52.0. The highest BCUT2D eigenvalue weighted by molar-refractivity contribution is 6.17. The third kappa shape index (κ3) is 7.75. The Morgan fingerprint density at radius 3 is 0.786 bits per heavy atom. The van der Waals surface area contributed by atoms with Crippen molar-refractivity contribution in [2.75, 3.05) is 0 Å². The number of alkyl halides is 3. The average molecular weight is 1260 g/mol. The number of nitriles is 1. The molecule has 14 aromatic carbocycles. The van der Waals surface area contributed by atoms with E-state index in [0.717, 1.165) is 138 Å². The molecule has 11 heteroatoms. The van der Waals surface area contributed by atoms with E-state index in [1.807, 2.05) is 9.13 Å². The Balaban J connectivity index is 0.917. The van der Waals surface area contributed by atoms with E-state index in [0.29, 0.717) is 33.4 Å². The lowest BCUT2D eigenvalue weighted by Gasteiger charge is -2.21. The van der Waals surface area contributed by atoms with Crippen molar-refractivity contribution in [1.82, 2.24) is 27.4 Å². The van der Waals surface area contributed by atoms with E-state index in [1.165, 1.54) is 12.1 Å². The van der Waals surface area contributed by atoms with Gasteiger partial charge in [-0.15, -0.1) is 0 Å². The van der Waals surface area contributed by atoms with E-state index >= 15 is 13.2 Å². The van der Waals surface area contributed by atoms with Gasteiger partial charge in [0, 0.05) is 87.4 Å². The summed E-state index contributed by atoms with van der Waals surface area (Å²) in [7, 11) is 0. The molecular formula is C87H49F3N8. The van der Waals surface area contributed by atoms with Crippen LogP contribution in [0.25, 0.3) is 181 Å². The molecule has 8 nitrogen and oxygen atoms in total. The van der Waals surface area contributed by atoms with Crippen molar-refractivity contribution in [3.05, 3.63) is 320 Å². The van der Waals surface area contributed by atoms with Gasteiger partial charge in [0.2, 0.25) is 0 Å². The van der Waals surface area contributed by atoms with Crippen LogP contribution in [-0.4, -0.2) is 27.4 Å². The molecule has 0 spiro atoms. The van der Waals surface area contributed by atoms with Gasteiger partial charge < -0.3 is 27.4 Å². The molecule has 6 heterocycles. The summed E-state index contributed by atoms with van der Waals surface area (Å²) in [5.41, 5.74) is 14.3. The summed E-state index contributed by atoms with van der Waals surface area (Å²) in [6.45, 7) is 8.54. The van der Waals surface area contributed by atoms with Gasteiger partial charge in [0.15, 0.2) is 5.69 Å². The van der Waals surface area contributed by atoms with Crippen molar-refractivity contribution in [2.45, 2.75) is 6.18 Å². The molecule has 0 fully saturated rings. The first kappa shape index (κ1) is 55.1. The molecule has 0 N–H and O–H groups in total. The molecule has 0 radical (unpaired) electrons. The number of hydrogen-bond acceptors (Lipinski definition) is 1. The first-order valence-corrected chi connectivity index (χ1v) is 32.5. The number of halogens is 3. The molecule has 0 saturated carbocycles. The molecule has 0 atom stereocenters. The molecular weight excluding hydrogens is 1210 g/mol. The number of benzene rings is 14. The Morgan fingerprint density at radius 1 is 0.286 bits per heavy atom. The molecule has 20 rings (SSSR count). The van der Waals surface area contributed by atoms with Crippen molar-refractivity contribution in [2.24, 2.45) is 0 Å². The highest BCUT2D eigenvalue weighted by atomic mass is 19.4. The maximum absolute atomic E-state index is 16.0. The molecule has 0 aliphatic rings. The average Bonchev–Trinajstić information content (AvgIpc) is 1.59. The summed E-state index contributed by atoms with van der Waals surface area (Å²) in [6.07, 6.45) is -4.87. The number of hydrogen-bond donors (Lipinski definition) is 0. The van der Waals surface area contributed by atoms with Crippen LogP contribution in [0.3, 0.4) is 0 Å². The molecule has 0 aliphatic carbocycles. The fourth-order valence-electron chi connectivity index (χ4n) is 16.3. The lowest BCUT2D eigenvalue weighted by Crippen LogP contribution is -2.09. The normalized spacial score (nSPS) is 12.2. The topological polar surface area (TPSA) is 57.7 Å². The van der Waals surface area contributed by atoms with Gasteiger partial charge in [-0.25, -0.2) is 4.85 Å². The standard InChI is InChI=1S/C87H49F3N8/c1-92-71-28-18-27-70(87(88,89)90)86(71)52-45-84(97-80-41-37-53(93-72-29-10-2-19-57(72)58-20-3-11-30-73(58)93)47-65(80)66-48-54(38-42-81(66)97)94-74-31-12-4-21-59(74)60-22-5-13-32-75(60)94)69(51-91)85(46-52)98-82-43-39-55(95-76-33-14-6-23-61(76)62-24-7-15-34-77(62)95)49-67(82)68-50-56(40-44-83(68)98)96-78-35-16-8-25-63(78)64-26-9-17-36-79(64)96/h2-50H. The third-order valence-corrected chi connectivity index (χ3v) is 20.3. The summed E-state index contributed by atoms with van der Waals surface area (Å²) in [5.74, 6) is 0. The van der Waals surface area contributed by atoms with Crippen molar-refractivity contribution >= 4 is 137 Å². The Bertz CT molecular complexity index is 6040. The number of para-hydroxylation sites is 8. The van der Waals surface area contributed by atoms with E-state index in [9.17, 15) is 5.26 Å². The minimum atomic E-state index is -4.87. The van der Waals surface area contributed by atoms with Gasteiger partial charge in [0.1, 0.15) is 11.6 Å². The fourth-order valence-corrected chi connectivity index (χ4v) is 16.3. The van der Waals surface area contributed by atoms with Crippen molar-refractivity contribution in [3.63, 3.8) is 0 Å². The Labute approximate surface area is 556 Å². The quantitative estimate of drug-likeness (QED) is 0.147. The maximum atomic E-state index is 16.0. The Kier molecular flexibility index (Phi) is 11.6. The van der Waals surface area contributed by atoms with Crippen LogP contribution in [0.1, 0.15) is 11.1 Å². The monoisotopic (exact) mass is 1260 g/mol. The van der Waals surface area contributed by atoms with E-state index in [-0.39, 0.29) is 22.4 Å². The van der Waals surface area contributed by atoms with Crippen molar-refractivity contribution in [3.8, 4) is 51.3 Å². The van der Waals surface area contributed by atoms with E-state index in [4.69, 9.17) is 6.57 Å². The Hall–Kier alpha value is -13.4. The predicted octanol–water partition coefficient (Wildman–Crippen LogP) is 23.4. The van der Waals surface area contributed by atoms with Crippen molar-refractivity contribution in [1.29, 1.82) is 5.26 Å². The van der Waals surface area contributed by atoms with Gasteiger partial charge in [-0.2, -0.15) is 18.4 Å². The molecule has 458 valence electrons. The van der Waals surface area contributed by atoms with Crippen LogP contribution in [0, 0.1) is 17.9 Å². The van der Waals surface area contributed by atoms with Gasteiger partial charge in [-0.05, 0) is 145 Å². The van der Waals surface area contributed by atoms with Crippen LogP contribution in [0.2, 0.25) is 0 Å². The van der Waals surface area contributed by atoms with Gasteiger partial charge >= 0.3 is 6.18 Å². The lowest BCUT2D eigenvalue weighted by molar-refractivity contribution is -0.137. The fraction of sp³-hybridized carbons (Fsp3) is 0.0115. The van der Waals surface area contributed by atoms with Crippen LogP contribution in [-0.2, 0) is 6.18 Å². The summed E-state index contributed by atoms with van der Waals surface area (Å²) >= 11 is 0. The summed E-state index contributed by atoms with van der Waals surface area (Å²) in [6, 6.07) is 102. The zero-order valence-electron chi connectivity index (χ0n) is 52.0. The minimum Gasteiger partial charge on any atom is -0.309 e. The second kappa shape index (κ2) is 20.6. The highest BCUT2D eigenvalue weighted by Crippen LogP contribution is 2.49. The summed E-state index contributed by atoms with van der Waals surface area (Å²) in [5, 5.41) is 24.7. The van der Waals surface area contributed by atoms with E-state index in [1.54, 1.807) is 12.1 Å². The van der Waals surface area contributed by atoms with Crippen LogP contribution < -0.4 is 0 Å². The number of nitrogens with zero attached hydrogens (tertiary/aromatic N) is 8. The second-order valence-corrected chi connectivity index (χ2v) is 25.3. The molecule has 6 aromatic heterocycles.